The lowest BCUT2D eigenvalue weighted by Gasteiger charge is -2.28. The lowest BCUT2D eigenvalue weighted by atomic mass is 9.99. The topological polar surface area (TPSA) is 91.8 Å². The van der Waals surface area contributed by atoms with Crippen LogP contribution in [0.1, 0.15) is 18.1 Å². The zero-order valence-corrected chi connectivity index (χ0v) is 20.2. The van der Waals surface area contributed by atoms with Gasteiger partial charge in [0.25, 0.3) is 0 Å². The molecule has 1 unspecified atom stereocenters. The second-order valence-corrected chi connectivity index (χ2v) is 9.73. The molecule has 11 heteroatoms. The minimum absolute atomic E-state index is 0.221. The van der Waals surface area contributed by atoms with Crippen molar-refractivity contribution in [1.29, 1.82) is 0 Å². The van der Waals surface area contributed by atoms with Gasteiger partial charge in [0.1, 0.15) is 5.82 Å². The van der Waals surface area contributed by atoms with E-state index in [4.69, 9.17) is 9.47 Å². The van der Waals surface area contributed by atoms with E-state index in [0.29, 0.717) is 28.3 Å². The van der Waals surface area contributed by atoms with Crippen LogP contribution in [0.4, 0.5) is 20.6 Å². The van der Waals surface area contributed by atoms with Gasteiger partial charge in [-0.25, -0.2) is 22.6 Å². The Labute approximate surface area is 193 Å². The molecule has 0 saturated heterocycles. The number of benzene rings is 2. The van der Waals surface area contributed by atoms with Crippen molar-refractivity contribution in [3.05, 3.63) is 47.3 Å². The Morgan fingerprint density at radius 1 is 1.15 bits per heavy atom. The lowest BCUT2D eigenvalue weighted by Crippen LogP contribution is -2.43. The van der Waals surface area contributed by atoms with E-state index in [0.717, 1.165) is 10.6 Å². The number of halogens is 1. The summed E-state index contributed by atoms with van der Waals surface area (Å²) in [6.45, 7) is 1.78. The summed E-state index contributed by atoms with van der Waals surface area (Å²) >= 11 is 0. The van der Waals surface area contributed by atoms with E-state index in [-0.39, 0.29) is 12.2 Å². The summed E-state index contributed by atoms with van der Waals surface area (Å²) in [5.41, 5.74) is 1.82. The Bertz CT molecular complexity index is 1180. The van der Waals surface area contributed by atoms with E-state index >= 15 is 0 Å². The summed E-state index contributed by atoms with van der Waals surface area (Å²) in [5.74, 6) is 0.121. The molecule has 2 aromatic carbocycles. The number of urea groups is 1. The highest BCUT2D eigenvalue weighted by molar-refractivity contribution is 7.92. The molecule has 2 aromatic rings. The largest absolute Gasteiger partial charge is 0.493 e. The third-order valence-corrected chi connectivity index (χ3v) is 6.78. The average molecular weight is 479 g/mol. The fraction of sp³-hybridized carbons (Fsp3) is 0.364. The molecule has 0 saturated carbocycles. The molecule has 1 aliphatic rings. The maximum Gasteiger partial charge on any atom is 0.344 e. The summed E-state index contributed by atoms with van der Waals surface area (Å²) in [5, 5.41) is 5.60. The highest BCUT2D eigenvalue weighted by Crippen LogP contribution is 2.36. The van der Waals surface area contributed by atoms with Crippen molar-refractivity contribution < 1.29 is 27.1 Å². The molecule has 33 heavy (non-hydrogen) atoms. The van der Waals surface area contributed by atoms with Gasteiger partial charge in [-0.2, -0.15) is 5.10 Å². The van der Waals surface area contributed by atoms with E-state index in [2.05, 4.69) is 5.10 Å². The molecule has 3 rings (SSSR count). The molecule has 1 atom stereocenters. The van der Waals surface area contributed by atoms with Gasteiger partial charge >= 0.3 is 6.03 Å². The molecule has 9 nitrogen and oxygen atoms in total. The number of methoxy groups -OCH3 is 2. The van der Waals surface area contributed by atoms with E-state index < -0.39 is 27.9 Å². The molecule has 0 fully saturated rings. The minimum atomic E-state index is -3.40. The summed E-state index contributed by atoms with van der Waals surface area (Å²) in [6.07, 6.45) is 2.74. The summed E-state index contributed by atoms with van der Waals surface area (Å²) in [7, 11) is 2.52. The van der Waals surface area contributed by atoms with Crippen molar-refractivity contribution in [1.82, 2.24) is 5.01 Å². The maximum absolute atomic E-state index is 14.8. The van der Waals surface area contributed by atoms with Crippen LogP contribution in [0.3, 0.4) is 0 Å². The van der Waals surface area contributed by atoms with Gasteiger partial charge in [-0.15, -0.1) is 0 Å². The molecular weight excluding hydrogens is 451 g/mol. The zero-order chi connectivity index (χ0) is 24.5. The first kappa shape index (κ1) is 24.3. The molecule has 0 spiro atoms. The predicted molar refractivity (Wildman–Crippen MR) is 126 cm³/mol. The van der Waals surface area contributed by atoms with E-state index in [9.17, 15) is 17.6 Å². The van der Waals surface area contributed by atoms with Crippen LogP contribution in [0, 0.1) is 5.82 Å². The second kappa shape index (κ2) is 9.26. The fourth-order valence-corrected chi connectivity index (χ4v) is 4.07. The number of nitrogens with zero attached hydrogens (tertiary/aromatic N) is 4. The molecule has 0 radical (unpaired) electrons. The minimum Gasteiger partial charge on any atom is -0.493 e. The van der Waals surface area contributed by atoms with Crippen LogP contribution >= 0.6 is 0 Å². The van der Waals surface area contributed by atoms with Crippen molar-refractivity contribution in [2.75, 3.05) is 43.8 Å². The van der Waals surface area contributed by atoms with Gasteiger partial charge in [-0.3, -0.25) is 9.21 Å². The molecule has 1 aliphatic heterocycles. The smallest absolute Gasteiger partial charge is 0.344 e. The normalized spacial score (nSPS) is 15.5. The molecule has 0 aliphatic carbocycles. The van der Waals surface area contributed by atoms with Gasteiger partial charge in [-0.1, -0.05) is 0 Å². The Balaban J connectivity index is 1.89. The van der Waals surface area contributed by atoms with Crippen LogP contribution in [-0.4, -0.2) is 66.3 Å². The van der Waals surface area contributed by atoms with E-state index in [1.165, 1.54) is 43.5 Å². The molecular formula is C22H27FN4O5S. The number of hydrogen-bond acceptors (Lipinski definition) is 6. The SMILES string of the molecule is COc1cc(F)c2c(c1OC)C=NN(C(=O)N(C)c1ccc(N(C)S(C)(=O)=O)cc1)C(C)C2. The van der Waals surface area contributed by atoms with Crippen LogP contribution < -0.4 is 18.7 Å². The highest BCUT2D eigenvalue weighted by atomic mass is 32.2. The van der Waals surface area contributed by atoms with Gasteiger partial charge < -0.3 is 9.47 Å². The first-order valence-electron chi connectivity index (χ1n) is 10.1. The number of amides is 2. The molecule has 2 amide bonds. The number of sulfonamides is 1. The van der Waals surface area contributed by atoms with Crippen molar-refractivity contribution >= 4 is 33.6 Å². The summed E-state index contributed by atoms with van der Waals surface area (Å²) in [4.78, 5) is 14.6. The quantitative estimate of drug-likeness (QED) is 0.659. The standard InChI is InChI=1S/C22H27FN4O5S/c1-14-11-17-18(21(32-5)20(31-4)12-19(17)23)13-24-27(14)22(28)25(2)15-7-9-16(10-8-15)26(3)33(6,29)30/h7-10,12-14H,11H2,1-6H3. The van der Waals surface area contributed by atoms with Crippen LogP contribution in [0.2, 0.25) is 0 Å². The van der Waals surface area contributed by atoms with Crippen molar-refractivity contribution in [3.63, 3.8) is 0 Å². The van der Waals surface area contributed by atoms with Crippen LogP contribution in [0.15, 0.2) is 35.4 Å². The maximum atomic E-state index is 14.8. The van der Waals surface area contributed by atoms with Crippen molar-refractivity contribution in [2.24, 2.45) is 5.10 Å². The molecule has 0 aromatic heterocycles. The Morgan fingerprint density at radius 2 is 1.76 bits per heavy atom. The zero-order valence-electron chi connectivity index (χ0n) is 19.4. The number of carbonyl (C=O) groups excluding carboxylic acids is 1. The predicted octanol–water partition coefficient (Wildman–Crippen LogP) is 3.08. The number of anilines is 2. The van der Waals surface area contributed by atoms with Gasteiger partial charge in [0, 0.05) is 37.0 Å². The summed E-state index contributed by atoms with van der Waals surface area (Å²) < 4.78 is 50.0. The number of rotatable bonds is 5. The monoisotopic (exact) mass is 478 g/mol. The molecule has 0 N–H and O–H groups in total. The molecule has 1 heterocycles. The number of ether oxygens (including phenoxy) is 2. The average Bonchev–Trinajstić information content (AvgIpc) is 2.96. The number of hydrazone groups is 1. The molecule has 0 bridgehead atoms. The third kappa shape index (κ3) is 4.72. The van der Waals surface area contributed by atoms with Gasteiger partial charge in [0.2, 0.25) is 10.0 Å². The van der Waals surface area contributed by atoms with Crippen LogP contribution in [0.5, 0.6) is 11.5 Å². The highest BCUT2D eigenvalue weighted by Gasteiger charge is 2.30. The van der Waals surface area contributed by atoms with Crippen molar-refractivity contribution in [3.8, 4) is 11.5 Å². The van der Waals surface area contributed by atoms with Crippen molar-refractivity contribution in [2.45, 2.75) is 19.4 Å². The Hall–Kier alpha value is -3.34. The Kier molecular flexibility index (Phi) is 6.82. The fourth-order valence-electron chi connectivity index (χ4n) is 3.57. The second-order valence-electron chi connectivity index (χ2n) is 7.72. The van der Waals surface area contributed by atoms with Gasteiger partial charge in [0.15, 0.2) is 11.5 Å². The number of carbonyl (C=O) groups is 1. The van der Waals surface area contributed by atoms with E-state index in [1.807, 2.05) is 0 Å². The lowest BCUT2D eigenvalue weighted by molar-refractivity contribution is 0.190. The first-order valence-corrected chi connectivity index (χ1v) is 11.9. The first-order chi connectivity index (χ1) is 15.5. The third-order valence-electron chi connectivity index (χ3n) is 5.57. The van der Waals surface area contributed by atoms with Gasteiger partial charge in [-0.05, 0) is 37.6 Å². The Morgan fingerprint density at radius 3 is 2.30 bits per heavy atom. The van der Waals surface area contributed by atoms with E-state index in [1.54, 1.807) is 38.2 Å². The summed E-state index contributed by atoms with van der Waals surface area (Å²) in [6, 6.07) is 6.89. The number of hydrogen-bond donors (Lipinski definition) is 0. The molecule has 178 valence electrons. The van der Waals surface area contributed by atoms with Gasteiger partial charge in [0.05, 0.1) is 38.4 Å². The number of fused-ring (bicyclic) bond motifs is 1. The van der Waals surface area contributed by atoms with Crippen LogP contribution in [0.25, 0.3) is 0 Å². The van der Waals surface area contributed by atoms with Crippen LogP contribution in [-0.2, 0) is 16.4 Å².